The van der Waals surface area contributed by atoms with Crippen LogP contribution in [0.2, 0.25) is 0 Å². The summed E-state index contributed by atoms with van der Waals surface area (Å²) >= 11 is 0. The fraction of sp³-hybridized carbons (Fsp3) is 0.100. The third-order valence-corrected chi connectivity index (χ3v) is 4.50. The van der Waals surface area contributed by atoms with Gasteiger partial charge < -0.3 is 0 Å². The number of hydrogen-bond donors (Lipinski definition) is 0. The van der Waals surface area contributed by atoms with E-state index in [1.807, 2.05) is 18.2 Å². The molecule has 0 aliphatic heterocycles. The molecule has 0 atom stereocenters. The molecule has 27 heavy (non-hydrogen) atoms. The predicted octanol–water partition coefficient (Wildman–Crippen LogP) is 3.39. The van der Waals surface area contributed by atoms with E-state index in [-0.39, 0.29) is 5.82 Å². The van der Waals surface area contributed by atoms with Crippen LogP contribution in [0.5, 0.6) is 0 Å². The molecule has 0 bridgehead atoms. The summed E-state index contributed by atoms with van der Waals surface area (Å²) in [5.41, 5.74) is 3.38. The maximum absolute atomic E-state index is 13.2. The van der Waals surface area contributed by atoms with E-state index in [4.69, 9.17) is 0 Å². The van der Waals surface area contributed by atoms with Crippen molar-refractivity contribution < 1.29 is 4.39 Å². The fourth-order valence-electron chi connectivity index (χ4n) is 3.14. The maximum Gasteiger partial charge on any atom is 0.170 e. The van der Waals surface area contributed by atoms with Crippen LogP contribution in [0.1, 0.15) is 11.4 Å². The number of rotatable bonds is 4. The number of aryl methyl sites for hydroxylation is 2. The molecule has 7 heteroatoms. The van der Waals surface area contributed by atoms with Crippen LogP contribution >= 0.6 is 0 Å². The van der Waals surface area contributed by atoms with Crippen molar-refractivity contribution in [3.05, 3.63) is 84.3 Å². The van der Waals surface area contributed by atoms with Crippen LogP contribution in [0.15, 0.2) is 67.1 Å². The van der Waals surface area contributed by atoms with Crippen LogP contribution in [-0.4, -0.2) is 29.4 Å². The van der Waals surface area contributed by atoms with Crippen molar-refractivity contribution in [3.8, 4) is 5.69 Å². The monoisotopic (exact) mass is 358 g/mol. The molecule has 0 spiro atoms. The van der Waals surface area contributed by atoms with Gasteiger partial charge in [0.1, 0.15) is 12.1 Å². The molecule has 0 aliphatic rings. The second-order valence-electron chi connectivity index (χ2n) is 6.30. The van der Waals surface area contributed by atoms with E-state index in [0.717, 1.165) is 35.4 Å². The van der Waals surface area contributed by atoms with Gasteiger partial charge in [-0.05, 0) is 36.2 Å². The number of hydrogen-bond acceptors (Lipinski definition) is 4. The lowest BCUT2D eigenvalue weighted by Crippen LogP contribution is -1.99. The molecule has 0 N–H and O–H groups in total. The van der Waals surface area contributed by atoms with E-state index < -0.39 is 0 Å². The second kappa shape index (κ2) is 6.28. The summed E-state index contributed by atoms with van der Waals surface area (Å²) in [4.78, 5) is 9.14. The van der Waals surface area contributed by atoms with Crippen molar-refractivity contribution in [3.63, 3.8) is 0 Å². The molecular weight excluding hydrogens is 343 g/mol. The Morgan fingerprint density at radius 1 is 0.889 bits per heavy atom. The third-order valence-electron chi connectivity index (χ3n) is 4.50. The van der Waals surface area contributed by atoms with Crippen LogP contribution in [0, 0.1) is 5.82 Å². The Kier molecular flexibility index (Phi) is 3.64. The molecule has 3 aromatic heterocycles. The highest BCUT2D eigenvalue weighted by Crippen LogP contribution is 2.20. The maximum atomic E-state index is 13.2. The van der Waals surface area contributed by atoms with Gasteiger partial charge in [0.2, 0.25) is 0 Å². The molecule has 132 valence electrons. The molecule has 0 aliphatic carbocycles. The Morgan fingerprint density at radius 2 is 1.70 bits per heavy atom. The predicted molar refractivity (Wildman–Crippen MR) is 99.2 cm³/mol. The first kappa shape index (κ1) is 15.6. The van der Waals surface area contributed by atoms with E-state index in [1.165, 1.54) is 17.7 Å². The van der Waals surface area contributed by atoms with E-state index in [1.54, 1.807) is 33.9 Å². The van der Waals surface area contributed by atoms with E-state index >= 15 is 0 Å². The first-order valence-electron chi connectivity index (χ1n) is 8.66. The van der Waals surface area contributed by atoms with Crippen LogP contribution in [0.25, 0.3) is 22.4 Å². The summed E-state index contributed by atoms with van der Waals surface area (Å²) < 4.78 is 16.5. The zero-order chi connectivity index (χ0) is 18.2. The molecule has 6 nitrogen and oxygen atoms in total. The molecule has 0 unspecified atom stereocenters. The Bertz CT molecular complexity index is 1220. The van der Waals surface area contributed by atoms with E-state index in [9.17, 15) is 4.39 Å². The van der Waals surface area contributed by atoms with Crippen LogP contribution in [-0.2, 0) is 12.8 Å². The van der Waals surface area contributed by atoms with Crippen LogP contribution in [0.3, 0.4) is 0 Å². The van der Waals surface area contributed by atoms with Gasteiger partial charge in [-0.2, -0.15) is 5.10 Å². The van der Waals surface area contributed by atoms with Crippen molar-refractivity contribution in [1.29, 1.82) is 0 Å². The molecule has 0 radical (unpaired) electrons. The van der Waals surface area contributed by atoms with Crippen LogP contribution in [0.4, 0.5) is 4.39 Å². The minimum Gasteiger partial charge on any atom is -0.216 e. The lowest BCUT2D eigenvalue weighted by molar-refractivity contribution is 0.627. The summed E-state index contributed by atoms with van der Waals surface area (Å²) in [5, 5.41) is 9.73. The van der Waals surface area contributed by atoms with Gasteiger partial charge in [-0.1, -0.05) is 30.3 Å². The van der Waals surface area contributed by atoms with Gasteiger partial charge in [0.05, 0.1) is 17.3 Å². The zero-order valence-electron chi connectivity index (χ0n) is 14.3. The number of halogens is 1. The van der Waals surface area contributed by atoms with Gasteiger partial charge in [0.25, 0.3) is 0 Å². The van der Waals surface area contributed by atoms with Crippen LogP contribution < -0.4 is 0 Å². The normalized spacial score (nSPS) is 11.4. The summed E-state index contributed by atoms with van der Waals surface area (Å²) in [5.74, 6) is 0.480. The zero-order valence-corrected chi connectivity index (χ0v) is 14.3. The molecule has 0 saturated carbocycles. The van der Waals surface area contributed by atoms with Crippen molar-refractivity contribution in [2.45, 2.75) is 12.8 Å². The van der Waals surface area contributed by atoms with Crippen molar-refractivity contribution >= 4 is 16.7 Å². The van der Waals surface area contributed by atoms with Gasteiger partial charge in [-0.25, -0.2) is 23.6 Å². The number of fused-ring (bicyclic) bond motifs is 3. The van der Waals surface area contributed by atoms with Gasteiger partial charge in [-0.3, -0.25) is 0 Å². The molecular formula is C20H15FN6. The molecule has 3 heterocycles. The van der Waals surface area contributed by atoms with E-state index in [2.05, 4.69) is 32.3 Å². The first-order valence-corrected chi connectivity index (χ1v) is 8.66. The van der Waals surface area contributed by atoms with Gasteiger partial charge in [-0.15, -0.1) is 5.10 Å². The third kappa shape index (κ3) is 2.83. The summed E-state index contributed by atoms with van der Waals surface area (Å²) in [6, 6.07) is 16.4. The molecule has 0 amide bonds. The summed E-state index contributed by atoms with van der Waals surface area (Å²) in [7, 11) is 0. The quantitative estimate of drug-likeness (QED) is 0.494. The average molecular weight is 358 g/mol. The highest BCUT2D eigenvalue weighted by Gasteiger charge is 2.13. The smallest absolute Gasteiger partial charge is 0.170 e. The minimum atomic E-state index is -0.286. The number of nitrogens with zero attached hydrogens (tertiary/aromatic N) is 6. The number of aromatic nitrogens is 6. The Labute approximate surface area is 153 Å². The van der Waals surface area contributed by atoms with Crippen molar-refractivity contribution in [2.24, 2.45) is 0 Å². The topological polar surface area (TPSA) is 60.9 Å². The Morgan fingerprint density at radius 3 is 2.52 bits per heavy atom. The fourth-order valence-corrected chi connectivity index (χ4v) is 3.14. The molecule has 5 aromatic rings. The summed E-state index contributed by atoms with van der Waals surface area (Å²) in [6.07, 6.45) is 4.98. The SMILES string of the molecule is Fc1ccc(-n2ncc3c2ncn2nc(CCc4ccccc4)nc32)cc1. The largest absolute Gasteiger partial charge is 0.216 e. The number of benzene rings is 2. The minimum absolute atomic E-state index is 0.286. The van der Waals surface area contributed by atoms with Crippen molar-refractivity contribution in [2.75, 3.05) is 0 Å². The van der Waals surface area contributed by atoms with Gasteiger partial charge in [0, 0.05) is 6.42 Å². The van der Waals surface area contributed by atoms with Crippen molar-refractivity contribution in [1.82, 2.24) is 29.4 Å². The Balaban J connectivity index is 1.51. The van der Waals surface area contributed by atoms with Gasteiger partial charge in [0.15, 0.2) is 17.1 Å². The lowest BCUT2D eigenvalue weighted by Gasteiger charge is -2.02. The molecule has 2 aromatic carbocycles. The molecule has 0 saturated heterocycles. The molecule has 0 fully saturated rings. The second-order valence-corrected chi connectivity index (χ2v) is 6.30. The first-order chi connectivity index (χ1) is 13.3. The summed E-state index contributed by atoms with van der Waals surface area (Å²) in [6.45, 7) is 0. The Hall–Kier alpha value is -3.61. The highest BCUT2D eigenvalue weighted by molar-refractivity contribution is 5.89. The average Bonchev–Trinajstić information content (AvgIpc) is 3.31. The lowest BCUT2D eigenvalue weighted by atomic mass is 10.1. The van der Waals surface area contributed by atoms with E-state index in [0.29, 0.717) is 5.65 Å². The standard InChI is InChI=1S/C20H15FN6/c21-15-7-9-16(10-8-15)27-19-17(12-23-27)20-24-18(25-26(20)13-22-19)11-6-14-4-2-1-3-5-14/h1-5,7-10,12-13H,6,11H2. The van der Waals surface area contributed by atoms with Gasteiger partial charge >= 0.3 is 0 Å². The molecule has 5 rings (SSSR count). The highest BCUT2D eigenvalue weighted by atomic mass is 19.1.